The van der Waals surface area contributed by atoms with E-state index in [0.29, 0.717) is 0 Å². The number of anilines is 2. The van der Waals surface area contributed by atoms with E-state index in [1.165, 1.54) is 5.56 Å². The summed E-state index contributed by atoms with van der Waals surface area (Å²) in [5.41, 5.74) is 9.33. The van der Waals surface area contributed by atoms with Gasteiger partial charge in [-0.3, -0.25) is 4.79 Å². The second kappa shape index (κ2) is 7.43. The maximum absolute atomic E-state index is 12.9. The number of amides is 1. The topological polar surface area (TPSA) is 49.6 Å². The molecule has 128 valence electrons. The molecule has 0 spiro atoms. The number of rotatable bonds is 2. The van der Waals surface area contributed by atoms with Gasteiger partial charge >= 0.3 is 0 Å². The van der Waals surface area contributed by atoms with Gasteiger partial charge in [-0.25, -0.2) is 0 Å². The predicted molar refractivity (Wildman–Crippen MR) is 98.2 cm³/mol. The van der Waals surface area contributed by atoms with Gasteiger partial charge in [0.15, 0.2) is 0 Å². The maximum Gasteiger partial charge on any atom is 0.244 e. The number of nitrogens with zero attached hydrogens (tertiary/aromatic N) is 2. The molecule has 23 heavy (non-hydrogen) atoms. The van der Waals surface area contributed by atoms with Crippen LogP contribution in [0.1, 0.15) is 38.7 Å². The van der Waals surface area contributed by atoms with Gasteiger partial charge < -0.3 is 15.5 Å². The lowest BCUT2D eigenvalue weighted by Crippen LogP contribution is -2.50. The van der Waals surface area contributed by atoms with Crippen molar-refractivity contribution in [2.24, 2.45) is 5.92 Å². The number of carbonyl (C=O) groups excluding carboxylic acids is 1. The first-order valence-corrected chi connectivity index (χ1v) is 8.50. The van der Waals surface area contributed by atoms with Crippen LogP contribution in [0.4, 0.5) is 11.4 Å². The Morgan fingerprint density at radius 2 is 1.96 bits per heavy atom. The van der Waals surface area contributed by atoms with Gasteiger partial charge in [-0.05, 0) is 56.2 Å². The average Bonchev–Trinajstić information content (AvgIpc) is 2.54. The zero-order valence-corrected chi connectivity index (χ0v) is 14.9. The van der Waals surface area contributed by atoms with Crippen molar-refractivity contribution in [2.75, 3.05) is 30.3 Å². The Balaban J connectivity index is 0.00000192. The largest absolute Gasteiger partial charge is 0.398 e. The van der Waals surface area contributed by atoms with Crippen molar-refractivity contribution in [2.45, 2.75) is 45.6 Å². The fourth-order valence-corrected chi connectivity index (χ4v) is 3.71. The van der Waals surface area contributed by atoms with E-state index in [1.807, 2.05) is 24.0 Å². The molecular formula is C18H28ClN3O. The predicted octanol–water partition coefficient (Wildman–Crippen LogP) is 3.09. The van der Waals surface area contributed by atoms with E-state index >= 15 is 0 Å². The Morgan fingerprint density at radius 3 is 2.65 bits per heavy atom. The highest BCUT2D eigenvalue weighted by Gasteiger charge is 2.31. The standard InChI is InChI=1S/C18H27N3O.ClH/c1-13-8-11-20(12-9-13)18(22)14(2)21-10-4-5-15-16(19)6-3-7-17(15)21;/h3,6-7,13-14H,4-5,8-12,19H2,1-2H3;1H. The molecule has 1 aromatic rings. The van der Waals surface area contributed by atoms with Gasteiger partial charge in [0.05, 0.1) is 0 Å². The molecule has 5 heteroatoms. The minimum atomic E-state index is -0.103. The van der Waals surface area contributed by atoms with Gasteiger partial charge in [0.1, 0.15) is 6.04 Å². The Labute approximate surface area is 145 Å². The molecule has 1 fully saturated rings. The van der Waals surface area contributed by atoms with Crippen molar-refractivity contribution in [1.29, 1.82) is 0 Å². The Kier molecular flexibility index (Phi) is 5.79. The first kappa shape index (κ1) is 17.9. The summed E-state index contributed by atoms with van der Waals surface area (Å²) in [5.74, 6) is 1.01. The summed E-state index contributed by atoms with van der Waals surface area (Å²) in [6.45, 7) is 7.06. The lowest BCUT2D eigenvalue weighted by molar-refractivity contribution is -0.133. The summed E-state index contributed by atoms with van der Waals surface area (Å²) in [6.07, 6.45) is 4.33. The SMILES string of the molecule is CC1CCN(C(=O)C(C)N2CCCc3c(N)cccc32)CC1.Cl. The fourth-order valence-electron chi connectivity index (χ4n) is 3.71. The van der Waals surface area contributed by atoms with Gasteiger partial charge in [-0.2, -0.15) is 0 Å². The lowest BCUT2D eigenvalue weighted by atomic mass is 9.96. The second-order valence-electron chi connectivity index (χ2n) is 6.83. The first-order chi connectivity index (χ1) is 10.6. The summed E-state index contributed by atoms with van der Waals surface area (Å²) in [4.78, 5) is 17.1. The van der Waals surface area contributed by atoms with Crippen LogP contribution < -0.4 is 10.6 Å². The molecule has 0 aromatic heterocycles. The average molecular weight is 338 g/mol. The van der Waals surface area contributed by atoms with E-state index < -0.39 is 0 Å². The summed E-state index contributed by atoms with van der Waals surface area (Å²) >= 11 is 0. The van der Waals surface area contributed by atoms with E-state index in [-0.39, 0.29) is 24.4 Å². The van der Waals surface area contributed by atoms with E-state index in [9.17, 15) is 4.79 Å². The van der Waals surface area contributed by atoms with Crippen LogP contribution in [-0.4, -0.2) is 36.5 Å². The molecule has 0 bridgehead atoms. The van der Waals surface area contributed by atoms with Crippen LogP contribution in [0.3, 0.4) is 0 Å². The van der Waals surface area contributed by atoms with Crippen LogP contribution in [-0.2, 0) is 11.2 Å². The monoisotopic (exact) mass is 337 g/mol. The molecule has 2 N–H and O–H groups in total. The number of nitrogens with two attached hydrogens (primary N) is 1. The molecule has 1 aromatic carbocycles. The minimum Gasteiger partial charge on any atom is -0.398 e. The van der Waals surface area contributed by atoms with Gasteiger partial charge in [0, 0.05) is 31.0 Å². The lowest BCUT2D eigenvalue weighted by Gasteiger charge is -2.39. The molecule has 4 nitrogen and oxygen atoms in total. The van der Waals surface area contributed by atoms with Crippen molar-refractivity contribution in [3.05, 3.63) is 23.8 Å². The Bertz CT molecular complexity index is 555. The molecule has 0 saturated carbocycles. The molecule has 1 unspecified atom stereocenters. The molecule has 2 aliphatic heterocycles. The Hall–Kier alpha value is -1.42. The van der Waals surface area contributed by atoms with Crippen LogP contribution in [0.25, 0.3) is 0 Å². The third-order valence-corrected chi connectivity index (χ3v) is 5.24. The number of likely N-dealkylation sites (tertiary alicyclic amines) is 1. The highest BCUT2D eigenvalue weighted by molar-refractivity contribution is 5.86. The normalized spacial score (nSPS) is 19.7. The summed E-state index contributed by atoms with van der Waals surface area (Å²) in [7, 11) is 0. The van der Waals surface area contributed by atoms with E-state index in [1.54, 1.807) is 0 Å². The first-order valence-electron chi connectivity index (χ1n) is 8.50. The number of nitrogen functional groups attached to an aromatic ring is 1. The summed E-state index contributed by atoms with van der Waals surface area (Å²) in [5, 5.41) is 0. The van der Waals surface area contributed by atoms with Crippen LogP contribution in [0.15, 0.2) is 18.2 Å². The van der Waals surface area contributed by atoms with Gasteiger partial charge in [0.2, 0.25) is 5.91 Å². The zero-order chi connectivity index (χ0) is 15.7. The number of piperidine rings is 1. The van der Waals surface area contributed by atoms with Crippen molar-refractivity contribution >= 4 is 29.7 Å². The molecule has 1 saturated heterocycles. The van der Waals surface area contributed by atoms with Gasteiger partial charge in [0.25, 0.3) is 0 Å². The van der Waals surface area contributed by atoms with Crippen molar-refractivity contribution in [3.8, 4) is 0 Å². The number of benzene rings is 1. The second-order valence-corrected chi connectivity index (χ2v) is 6.83. The number of carbonyl (C=O) groups is 1. The van der Waals surface area contributed by atoms with E-state index in [2.05, 4.69) is 17.9 Å². The molecule has 1 amide bonds. The Morgan fingerprint density at radius 1 is 1.26 bits per heavy atom. The van der Waals surface area contributed by atoms with Crippen LogP contribution in [0.5, 0.6) is 0 Å². The van der Waals surface area contributed by atoms with Crippen LogP contribution in [0.2, 0.25) is 0 Å². The molecule has 2 aliphatic rings. The van der Waals surface area contributed by atoms with Crippen LogP contribution >= 0.6 is 12.4 Å². The fraction of sp³-hybridized carbons (Fsp3) is 0.611. The molecule has 1 atom stereocenters. The van der Waals surface area contributed by atoms with Crippen molar-refractivity contribution in [1.82, 2.24) is 4.90 Å². The van der Waals surface area contributed by atoms with E-state index in [4.69, 9.17) is 5.73 Å². The number of hydrogen-bond donors (Lipinski definition) is 1. The highest BCUT2D eigenvalue weighted by Crippen LogP contribution is 2.33. The maximum atomic E-state index is 12.9. The summed E-state index contributed by atoms with van der Waals surface area (Å²) < 4.78 is 0. The van der Waals surface area contributed by atoms with Gasteiger partial charge in [-0.15, -0.1) is 12.4 Å². The minimum absolute atomic E-state index is 0. The summed E-state index contributed by atoms with van der Waals surface area (Å²) in [6, 6.07) is 5.95. The zero-order valence-electron chi connectivity index (χ0n) is 14.1. The van der Waals surface area contributed by atoms with Gasteiger partial charge in [-0.1, -0.05) is 13.0 Å². The van der Waals surface area contributed by atoms with Crippen molar-refractivity contribution in [3.63, 3.8) is 0 Å². The number of halogens is 1. The van der Waals surface area contributed by atoms with Crippen LogP contribution in [0, 0.1) is 5.92 Å². The molecule has 3 rings (SSSR count). The van der Waals surface area contributed by atoms with E-state index in [0.717, 1.165) is 62.6 Å². The quantitative estimate of drug-likeness (QED) is 0.844. The molecule has 0 radical (unpaired) electrons. The third kappa shape index (κ3) is 3.57. The molecule has 0 aliphatic carbocycles. The third-order valence-electron chi connectivity index (χ3n) is 5.24. The smallest absolute Gasteiger partial charge is 0.244 e. The van der Waals surface area contributed by atoms with Crippen molar-refractivity contribution < 1.29 is 4.79 Å². The molecular weight excluding hydrogens is 310 g/mol. The highest BCUT2D eigenvalue weighted by atomic mass is 35.5. The number of hydrogen-bond acceptors (Lipinski definition) is 3. The molecule has 2 heterocycles. The number of fused-ring (bicyclic) bond motifs is 1.